The number of ketones is 1. The minimum atomic E-state index is -0.889. The highest BCUT2D eigenvalue weighted by Crippen LogP contribution is 2.42. The molecule has 4 rings (SSSR count). The number of ether oxygens (including phenoxy) is 1. The van der Waals surface area contributed by atoms with Gasteiger partial charge in [0.05, 0.1) is 18.2 Å². The number of benzene rings is 3. The van der Waals surface area contributed by atoms with E-state index in [1.165, 1.54) is 17.0 Å². The van der Waals surface area contributed by atoms with Crippen molar-refractivity contribution in [1.82, 2.24) is 0 Å². The number of aliphatic hydroxyl groups is 1. The van der Waals surface area contributed by atoms with Crippen LogP contribution in [0.25, 0.3) is 5.76 Å². The maximum Gasteiger partial charge on any atom is 0.300 e. The van der Waals surface area contributed by atoms with E-state index in [9.17, 15) is 19.8 Å². The average Bonchev–Trinajstić information content (AvgIpc) is 3.13. The van der Waals surface area contributed by atoms with E-state index in [0.717, 1.165) is 19.3 Å². The Hall–Kier alpha value is -4.06. The van der Waals surface area contributed by atoms with E-state index in [1.807, 2.05) is 6.07 Å². The number of carbonyl (C=O) groups is 2. The van der Waals surface area contributed by atoms with Crippen LogP contribution in [0.5, 0.6) is 11.5 Å². The lowest BCUT2D eigenvalue weighted by atomic mass is 9.95. The summed E-state index contributed by atoms with van der Waals surface area (Å²) in [6.45, 7) is 2.74. The summed E-state index contributed by atoms with van der Waals surface area (Å²) in [4.78, 5) is 27.6. The zero-order chi connectivity index (χ0) is 24.1. The number of phenolic OH excluding ortho intramolecular Hbond substituents is 1. The van der Waals surface area contributed by atoms with Gasteiger partial charge in [-0.1, -0.05) is 50.1 Å². The lowest BCUT2D eigenvalue weighted by Gasteiger charge is -2.25. The van der Waals surface area contributed by atoms with Gasteiger partial charge in [0.15, 0.2) is 0 Å². The highest BCUT2D eigenvalue weighted by atomic mass is 16.5. The van der Waals surface area contributed by atoms with Crippen molar-refractivity contribution in [2.24, 2.45) is 0 Å². The molecule has 6 heteroatoms. The van der Waals surface area contributed by atoms with Gasteiger partial charge in [-0.25, -0.2) is 0 Å². The van der Waals surface area contributed by atoms with Crippen molar-refractivity contribution in [1.29, 1.82) is 0 Å². The van der Waals surface area contributed by atoms with Gasteiger partial charge < -0.3 is 14.9 Å². The summed E-state index contributed by atoms with van der Waals surface area (Å²) in [5.41, 5.74) is 1.40. The summed E-state index contributed by atoms with van der Waals surface area (Å²) in [6.07, 6.45) is 3.16. The van der Waals surface area contributed by atoms with Crippen LogP contribution in [-0.4, -0.2) is 28.5 Å². The van der Waals surface area contributed by atoms with Crippen LogP contribution in [0.1, 0.15) is 43.4 Å². The quantitative estimate of drug-likeness (QED) is 0.199. The van der Waals surface area contributed by atoms with Crippen molar-refractivity contribution in [3.8, 4) is 11.5 Å². The zero-order valence-corrected chi connectivity index (χ0v) is 19.0. The van der Waals surface area contributed by atoms with E-state index in [4.69, 9.17) is 4.74 Å². The maximum absolute atomic E-state index is 13.1. The number of aliphatic hydroxyl groups excluding tert-OH is 1. The highest BCUT2D eigenvalue weighted by Gasteiger charge is 2.47. The molecule has 6 nitrogen and oxygen atoms in total. The van der Waals surface area contributed by atoms with Crippen LogP contribution in [0, 0.1) is 0 Å². The number of amides is 1. The van der Waals surface area contributed by atoms with Gasteiger partial charge in [-0.15, -0.1) is 0 Å². The van der Waals surface area contributed by atoms with E-state index in [0.29, 0.717) is 29.2 Å². The number of para-hydroxylation sites is 1. The lowest BCUT2D eigenvalue weighted by molar-refractivity contribution is -0.132. The molecule has 1 aliphatic rings. The van der Waals surface area contributed by atoms with Gasteiger partial charge in [-0.3, -0.25) is 14.5 Å². The molecule has 1 aliphatic heterocycles. The van der Waals surface area contributed by atoms with Gasteiger partial charge in [0.1, 0.15) is 17.3 Å². The average molecular weight is 458 g/mol. The number of hydrogen-bond donors (Lipinski definition) is 2. The summed E-state index contributed by atoms with van der Waals surface area (Å²) in [5.74, 6) is -1.13. The van der Waals surface area contributed by atoms with Crippen LogP contribution in [0.2, 0.25) is 0 Å². The van der Waals surface area contributed by atoms with Crippen LogP contribution in [-0.2, 0) is 9.59 Å². The molecule has 3 aromatic carbocycles. The smallest absolute Gasteiger partial charge is 0.300 e. The van der Waals surface area contributed by atoms with Crippen LogP contribution in [0.15, 0.2) is 84.4 Å². The Morgan fingerprint density at radius 1 is 0.941 bits per heavy atom. The summed E-state index contributed by atoms with van der Waals surface area (Å²) < 4.78 is 5.73. The van der Waals surface area contributed by atoms with E-state index in [-0.39, 0.29) is 17.1 Å². The molecule has 1 unspecified atom stereocenters. The second-order valence-corrected chi connectivity index (χ2v) is 8.18. The molecule has 2 N–H and O–H groups in total. The normalized spacial score (nSPS) is 17.2. The zero-order valence-electron chi connectivity index (χ0n) is 19.0. The molecule has 34 heavy (non-hydrogen) atoms. The molecule has 3 aromatic rings. The van der Waals surface area contributed by atoms with Crippen molar-refractivity contribution >= 4 is 23.1 Å². The fourth-order valence-electron chi connectivity index (χ4n) is 4.10. The Morgan fingerprint density at radius 2 is 1.68 bits per heavy atom. The first kappa shape index (κ1) is 23.1. The third kappa shape index (κ3) is 4.66. The largest absolute Gasteiger partial charge is 0.508 e. The molecular weight excluding hydrogens is 430 g/mol. The first-order valence-electron chi connectivity index (χ1n) is 11.4. The number of rotatable bonds is 8. The standard InChI is InChI=1S/C28H27NO5/c1-2-3-7-17-34-23-15-13-19(14-16-23)26(31)24-25(20-9-8-12-22(30)18-20)29(28(33)27(24)32)21-10-5-4-6-11-21/h4-6,8-16,18,25,30-31H,2-3,7,17H2,1H3/b26-24-. The molecule has 0 saturated carbocycles. The van der Waals surface area contributed by atoms with Gasteiger partial charge in [0.2, 0.25) is 0 Å². The number of anilines is 1. The Bertz CT molecular complexity index is 1200. The van der Waals surface area contributed by atoms with Crippen LogP contribution >= 0.6 is 0 Å². The molecule has 0 aliphatic carbocycles. The summed E-state index contributed by atoms with van der Waals surface area (Å²) >= 11 is 0. The third-order valence-electron chi connectivity index (χ3n) is 5.81. The summed E-state index contributed by atoms with van der Waals surface area (Å²) in [7, 11) is 0. The van der Waals surface area contributed by atoms with E-state index in [1.54, 1.807) is 60.7 Å². The number of unbranched alkanes of at least 4 members (excludes halogenated alkanes) is 2. The fourth-order valence-corrected chi connectivity index (χ4v) is 4.10. The first-order valence-corrected chi connectivity index (χ1v) is 11.4. The van der Waals surface area contributed by atoms with Gasteiger partial charge >= 0.3 is 0 Å². The van der Waals surface area contributed by atoms with Crippen LogP contribution < -0.4 is 9.64 Å². The SMILES string of the molecule is CCCCCOc1ccc(/C(O)=C2/C(=O)C(=O)N(c3ccccc3)C2c2cccc(O)c2)cc1. The molecule has 0 bridgehead atoms. The van der Waals surface area contributed by atoms with Gasteiger partial charge in [-0.05, 0) is 60.5 Å². The van der Waals surface area contributed by atoms with Gasteiger partial charge in [0.25, 0.3) is 11.7 Å². The summed E-state index contributed by atoms with van der Waals surface area (Å²) in [5, 5.41) is 21.2. The molecule has 1 heterocycles. The van der Waals surface area contributed by atoms with Crippen molar-refractivity contribution in [3.05, 3.63) is 95.6 Å². The predicted molar refractivity (Wildman–Crippen MR) is 131 cm³/mol. The second-order valence-electron chi connectivity index (χ2n) is 8.18. The summed E-state index contributed by atoms with van der Waals surface area (Å²) in [6, 6.07) is 21.1. The predicted octanol–water partition coefficient (Wildman–Crippen LogP) is 5.59. The Labute approximate surface area is 198 Å². The molecule has 1 atom stereocenters. The lowest BCUT2D eigenvalue weighted by Crippen LogP contribution is -2.29. The minimum Gasteiger partial charge on any atom is -0.508 e. The molecule has 0 spiro atoms. The van der Waals surface area contributed by atoms with E-state index < -0.39 is 17.7 Å². The van der Waals surface area contributed by atoms with Crippen LogP contribution in [0.3, 0.4) is 0 Å². The number of hydrogen-bond acceptors (Lipinski definition) is 5. The van der Waals surface area contributed by atoms with Gasteiger partial charge in [-0.2, -0.15) is 0 Å². The molecule has 0 radical (unpaired) electrons. The topological polar surface area (TPSA) is 87.1 Å². The molecule has 1 saturated heterocycles. The molecule has 174 valence electrons. The Balaban J connectivity index is 1.75. The number of carbonyl (C=O) groups excluding carboxylic acids is 2. The molecule has 1 amide bonds. The number of phenols is 1. The molecular formula is C28H27NO5. The monoisotopic (exact) mass is 457 g/mol. The van der Waals surface area contributed by atoms with Crippen molar-refractivity contribution in [2.45, 2.75) is 32.2 Å². The molecule has 1 fully saturated rings. The van der Waals surface area contributed by atoms with E-state index in [2.05, 4.69) is 6.92 Å². The fraction of sp³-hybridized carbons (Fsp3) is 0.214. The minimum absolute atomic E-state index is 0.000670. The Kier molecular flexibility index (Phi) is 6.97. The molecule has 0 aromatic heterocycles. The maximum atomic E-state index is 13.1. The van der Waals surface area contributed by atoms with Crippen molar-refractivity contribution < 1.29 is 24.5 Å². The Morgan fingerprint density at radius 3 is 2.35 bits per heavy atom. The van der Waals surface area contributed by atoms with E-state index >= 15 is 0 Å². The van der Waals surface area contributed by atoms with Crippen molar-refractivity contribution in [3.63, 3.8) is 0 Å². The van der Waals surface area contributed by atoms with Crippen LogP contribution in [0.4, 0.5) is 5.69 Å². The van der Waals surface area contributed by atoms with Gasteiger partial charge in [0, 0.05) is 11.3 Å². The number of Topliss-reactive ketones (excluding diaryl/α,β-unsaturated/α-hetero) is 1. The third-order valence-corrected chi connectivity index (χ3v) is 5.81. The van der Waals surface area contributed by atoms with Crippen molar-refractivity contribution in [2.75, 3.05) is 11.5 Å². The highest BCUT2D eigenvalue weighted by molar-refractivity contribution is 6.51. The number of nitrogens with zero attached hydrogens (tertiary/aromatic N) is 1. The second kappa shape index (κ2) is 10.3. The number of aromatic hydroxyl groups is 1. The first-order chi connectivity index (χ1) is 16.5.